The van der Waals surface area contributed by atoms with E-state index in [1.54, 1.807) is 66.7 Å². The molecular weight excluding hydrogens is 452 g/mol. The van der Waals surface area contributed by atoms with Crippen LogP contribution in [-0.2, 0) is 9.08 Å². The summed E-state index contributed by atoms with van der Waals surface area (Å²) in [4.78, 5) is 50.0. The van der Waals surface area contributed by atoms with Crippen LogP contribution in [0.5, 0.6) is 0 Å². The van der Waals surface area contributed by atoms with Crippen molar-refractivity contribution in [1.29, 1.82) is 0 Å². The number of ketones is 1. The van der Waals surface area contributed by atoms with Gasteiger partial charge >= 0.3 is 5.97 Å². The Labute approximate surface area is 192 Å². The van der Waals surface area contributed by atoms with Gasteiger partial charge in [-0.3, -0.25) is 14.4 Å². The number of carbonyl (C=O) groups excluding carboxylic acids is 4. The summed E-state index contributed by atoms with van der Waals surface area (Å²) in [5, 5.41) is 5.08. The lowest BCUT2D eigenvalue weighted by atomic mass is 10.1. The molecule has 0 aliphatic carbocycles. The van der Waals surface area contributed by atoms with Crippen molar-refractivity contribution >= 4 is 52.8 Å². The Balaban J connectivity index is 1.79. The smallest absolute Gasteiger partial charge is 0.343 e. The molecule has 1 aromatic heterocycles. The van der Waals surface area contributed by atoms with Gasteiger partial charge < -0.3 is 14.9 Å². The first kappa shape index (κ1) is 22.9. The monoisotopic (exact) mass is 468 g/mol. The van der Waals surface area contributed by atoms with Crippen molar-refractivity contribution in [3.8, 4) is 0 Å². The van der Waals surface area contributed by atoms with Crippen molar-refractivity contribution in [2.24, 2.45) is 0 Å². The average molecular weight is 469 g/mol. The van der Waals surface area contributed by atoms with Crippen LogP contribution in [0, 0.1) is 0 Å². The second kappa shape index (κ2) is 11.0. The van der Waals surface area contributed by atoms with E-state index in [0.29, 0.717) is 16.0 Å². The van der Waals surface area contributed by atoms with E-state index in [1.165, 1.54) is 12.1 Å². The van der Waals surface area contributed by atoms with Crippen LogP contribution in [0.15, 0.2) is 78.5 Å². The van der Waals surface area contributed by atoms with E-state index in [9.17, 15) is 19.2 Å². The first-order valence-corrected chi connectivity index (χ1v) is 10.5. The molecule has 0 saturated carbocycles. The number of benzene rings is 2. The largest absolute Gasteiger partial charge is 0.366 e. The predicted molar refractivity (Wildman–Crippen MR) is 121 cm³/mol. The molecule has 2 aromatic carbocycles. The summed E-state index contributed by atoms with van der Waals surface area (Å²) in [6.45, 7) is -0.254. The van der Waals surface area contributed by atoms with Gasteiger partial charge in [-0.1, -0.05) is 48.5 Å². The lowest BCUT2D eigenvalue weighted by molar-refractivity contribution is -0.117. The summed E-state index contributed by atoms with van der Waals surface area (Å²) < 4.78 is 4.17. The van der Waals surface area contributed by atoms with Crippen LogP contribution in [0.25, 0.3) is 6.08 Å². The molecule has 9 heteroatoms. The number of halogens is 1. The highest BCUT2D eigenvalue weighted by atomic mass is 35.5. The molecule has 162 valence electrons. The Morgan fingerprint density at radius 1 is 0.875 bits per heavy atom. The van der Waals surface area contributed by atoms with E-state index in [2.05, 4.69) is 14.9 Å². The minimum absolute atomic E-state index is 0.0904. The molecule has 0 unspecified atom stereocenters. The third-order valence-electron chi connectivity index (χ3n) is 4.22. The molecule has 0 fully saturated rings. The number of hydrogen-bond donors (Lipinski definition) is 2. The Morgan fingerprint density at radius 2 is 1.50 bits per heavy atom. The van der Waals surface area contributed by atoms with Crippen molar-refractivity contribution in [3.05, 3.63) is 99.4 Å². The van der Waals surface area contributed by atoms with E-state index >= 15 is 0 Å². The normalized spacial score (nSPS) is 10.8. The highest BCUT2D eigenvalue weighted by Gasteiger charge is 2.17. The number of Topliss-reactive ketones (excluding diaryl/α,β-unsaturated/α-hetero) is 1. The molecule has 0 aliphatic rings. The van der Waals surface area contributed by atoms with E-state index in [0.717, 1.165) is 11.3 Å². The fraction of sp³-hybridized carbons (Fsp3) is 0.0435. The molecule has 0 aliphatic heterocycles. The average Bonchev–Trinajstić information content (AvgIpc) is 3.31. The van der Waals surface area contributed by atoms with Gasteiger partial charge in [-0.25, -0.2) is 4.79 Å². The standard InChI is InChI=1S/C23H17ClN2O5S/c24-31-23(30)20-12-11-17(32-20)13-18(26-21(28)16-9-5-2-6-10-16)22(29)25-14-19(27)15-7-3-1-4-8-15/h1-13H,14H2,(H,25,29)(H,26,28)/b18-13-. The van der Waals surface area contributed by atoms with Gasteiger partial charge in [0.15, 0.2) is 5.78 Å². The zero-order valence-corrected chi connectivity index (χ0v) is 18.1. The number of nitrogens with one attached hydrogen (secondary N) is 2. The molecule has 3 rings (SSSR count). The minimum Gasteiger partial charge on any atom is -0.343 e. The second-order valence-electron chi connectivity index (χ2n) is 6.42. The molecule has 3 aromatic rings. The molecule has 0 spiro atoms. The molecule has 0 atom stereocenters. The summed E-state index contributed by atoms with van der Waals surface area (Å²) >= 11 is 6.12. The number of rotatable bonds is 8. The number of hydrogen-bond acceptors (Lipinski definition) is 6. The molecule has 7 nitrogen and oxygen atoms in total. The lowest BCUT2D eigenvalue weighted by Crippen LogP contribution is -2.37. The summed E-state index contributed by atoms with van der Waals surface area (Å²) in [6.07, 6.45) is 1.40. The fourth-order valence-corrected chi connectivity index (χ4v) is 3.60. The Morgan fingerprint density at radius 3 is 2.12 bits per heavy atom. The van der Waals surface area contributed by atoms with Crippen LogP contribution in [0.3, 0.4) is 0 Å². The van der Waals surface area contributed by atoms with E-state index < -0.39 is 17.8 Å². The van der Waals surface area contributed by atoms with Crippen LogP contribution in [0.1, 0.15) is 35.3 Å². The van der Waals surface area contributed by atoms with Gasteiger partial charge in [0.2, 0.25) is 0 Å². The molecule has 32 heavy (non-hydrogen) atoms. The van der Waals surface area contributed by atoms with Crippen LogP contribution in [0.2, 0.25) is 0 Å². The summed E-state index contributed by atoms with van der Waals surface area (Å²) in [5.41, 5.74) is 0.714. The van der Waals surface area contributed by atoms with Crippen LogP contribution < -0.4 is 10.6 Å². The fourth-order valence-electron chi connectivity index (χ4n) is 2.64. The third-order valence-corrected chi connectivity index (χ3v) is 5.37. The molecular formula is C23H17ClN2O5S. The molecule has 0 saturated heterocycles. The number of thiophene rings is 1. The SMILES string of the molecule is O=C(NCC(=O)c1ccccc1)/C(=C/c1ccc(C(=O)OCl)s1)NC(=O)c1ccccc1. The Hall–Kier alpha value is -3.75. The second-order valence-corrected chi connectivity index (χ2v) is 7.69. The van der Waals surface area contributed by atoms with Crippen molar-refractivity contribution in [2.45, 2.75) is 0 Å². The molecule has 0 bridgehead atoms. The Bertz CT molecular complexity index is 1160. The van der Waals surface area contributed by atoms with Gasteiger partial charge in [-0.05, 0) is 30.3 Å². The van der Waals surface area contributed by atoms with Crippen molar-refractivity contribution in [3.63, 3.8) is 0 Å². The summed E-state index contributed by atoms with van der Waals surface area (Å²) in [6, 6.07) is 19.9. The first-order chi connectivity index (χ1) is 15.5. The van der Waals surface area contributed by atoms with Gasteiger partial charge in [0.1, 0.15) is 22.4 Å². The first-order valence-electron chi connectivity index (χ1n) is 9.35. The van der Waals surface area contributed by atoms with Gasteiger partial charge in [0, 0.05) is 16.0 Å². The third kappa shape index (κ3) is 6.13. The molecule has 2 amide bonds. The van der Waals surface area contributed by atoms with Crippen LogP contribution in [-0.4, -0.2) is 30.1 Å². The quantitative estimate of drug-likeness (QED) is 0.386. The van der Waals surface area contributed by atoms with Crippen molar-refractivity contribution in [1.82, 2.24) is 10.6 Å². The maximum absolute atomic E-state index is 12.8. The molecule has 1 heterocycles. The van der Waals surface area contributed by atoms with Crippen LogP contribution >= 0.6 is 23.2 Å². The number of amides is 2. The maximum atomic E-state index is 12.8. The van der Waals surface area contributed by atoms with Gasteiger partial charge in [-0.15, -0.1) is 11.3 Å². The Kier molecular flexibility index (Phi) is 7.91. The van der Waals surface area contributed by atoms with Crippen molar-refractivity contribution < 1.29 is 23.5 Å². The zero-order valence-electron chi connectivity index (χ0n) is 16.5. The predicted octanol–water partition coefficient (Wildman–Crippen LogP) is 3.83. The van der Waals surface area contributed by atoms with Crippen LogP contribution in [0.4, 0.5) is 0 Å². The highest BCUT2D eigenvalue weighted by molar-refractivity contribution is 7.14. The highest BCUT2D eigenvalue weighted by Crippen LogP contribution is 2.20. The van der Waals surface area contributed by atoms with Gasteiger partial charge in [-0.2, -0.15) is 0 Å². The molecule has 2 N–H and O–H groups in total. The molecule has 0 radical (unpaired) electrons. The lowest BCUT2D eigenvalue weighted by Gasteiger charge is -2.11. The van der Waals surface area contributed by atoms with E-state index in [1.807, 2.05) is 0 Å². The number of carbonyl (C=O) groups is 4. The zero-order chi connectivity index (χ0) is 22.9. The maximum Gasteiger partial charge on any atom is 0.366 e. The van der Waals surface area contributed by atoms with E-state index in [-0.39, 0.29) is 22.9 Å². The van der Waals surface area contributed by atoms with Gasteiger partial charge in [0.25, 0.3) is 11.8 Å². The minimum atomic E-state index is -0.732. The van der Waals surface area contributed by atoms with Gasteiger partial charge in [0.05, 0.1) is 6.54 Å². The van der Waals surface area contributed by atoms with Crippen molar-refractivity contribution in [2.75, 3.05) is 6.54 Å². The van der Waals surface area contributed by atoms with E-state index in [4.69, 9.17) is 11.9 Å². The summed E-state index contributed by atoms with van der Waals surface area (Å²) in [5.74, 6) is -2.17. The topological polar surface area (TPSA) is 102 Å². The summed E-state index contributed by atoms with van der Waals surface area (Å²) in [7, 11) is 0.